The van der Waals surface area contributed by atoms with Crippen molar-refractivity contribution in [3.63, 3.8) is 0 Å². The van der Waals surface area contributed by atoms with Gasteiger partial charge in [0.15, 0.2) is 8.32 Å². The summed E-state index contributed by atoms with van der Waals surface area (Å²) in [6.45, 7) is 21.9. The van der Waals surface area contributed by atoms with Gasteiger partial charge in [0.05, 0.1) is 20.3 Å². The highest BCUT2D eigenvalue weighted by Crippen LogP contribution is 2.40. The van der Waals surface area contributed by atoms with Gasteiger partial charge in [-0.25, -0.2) is 0 Å². The minimum atomic E-state index is -1.70. The third-order valence-corrected chi connectivity index (χ3v) is 13.8. The SMILES string of the molecule is CC(=O)N1Cc2c(cc(CCCO[Si](C)(C)C(C)(C)C)cc2[Si](C)(C)C)-c2ccccc21. The summed E-state index contributed by atoms with van der Waals surface area (Å²) in [6, 6.07) is 13.2. The van der Waals surface area contributed by atoms with E-state index in [2.05, 4.69) is 83.8 Å². The minimum Gasteiger partial charge on any atom is -0.417 e. The normalized spacial score (nSPS) is 14.2. The highest BCUT2D eigenvalue weighted by Gasteiger charge is 2.37. The predicted octanol–water partition coefficient (Wildman–Crippen LogP) is 6.72. The van der Waals surface area contributed by atoms with Crippen molar-refractivity contribution in [3.05, 3.63) is 47.5 Å². The first-order chi connectivity index (χ1) is 14.7. The zero-order chi connectivity index (χ0) is 23.9. The molecule has 0 saturated heterocycles. The van der Waals surface area contributed by atoms with Crippen molar-refractivity contribution in [3.8, 4) is 11.1 Å². The third-order valence-electron chi connectivity index (χ3n) is 7.18. The topological polar surface area (TPSA) is 29.5 Å². The summed E-state index contributed by atoms with van der Waals surface area (Å²) in [5.41, 5.74) is 6.28. The maximum absolute atomic E-state index is 12.5. The molecular weight excluding hydrogens is 426 g/mol. The number of carbonyl (C=O) groups excluding carboxylic acids is 1. The molecular formula is C27H41NO2Si2. The van der Waals surface area contributed by atoms with Gasteiger partial charge in [0.2, 0.25) is 5.91 Å². The van der Waals surface area contributed by atoms with Crippen LogP contribution in [0, 0.1) is 0 Å². The lowest BCUT2D eigenvalue weighted by Gasteiger charge is -2.36. The Labute approximate surface area is 197 Å². The summed E-state index contributed by atoms with van der Waals surface area (Å²) in [4.78, 5) is 14.4. The van der Waals surface area contributed by atoms with Crippen molar-refractivity contribution in [1.29, 1.82) is 0 Å². The predicted molar refractivity (Wildman–Crippen MR) is 143 cm³/mol. The number of amides is 1. The van der Waals surface area contributed by atoms with Crippen LogP contribution in [-0.4, -0.2) is 28.9 Å². The van der Waals surface area contributed by atoms with E-state index >= 15 is 0 Å². The number of fused-ring (bicyclic) bond motifs is 3. The molecule has 1 aliphatic heterocycles. The Morgan fingerprint density at radius 1 is 1.03 bits per heavy atom. The number of carbonyl (C=O) groups is 1. The highest BCUT2D eigenvalue weighted by molar-refractivity contribution is 6.89. The third kappa shape index (κ3) is 5.10. The van der Waals surface area contributed by atoms with Gasteiger partial charge in [-0.1, -0.05) is 75.9 Å². The Kier molecular flexibility index (Phi) is 6.95. The highest BCUT2D eigenvalue weighted by atomic mass is 28.4. The molecule has 0 bridgehead atoms. The molecule has 0 unspecified atom stereocenters. The Hall–Kier alpha value is -1.70. The van der Waals surface area contributed by atoms with Crippen molar-refractivity contribution in [2.75, 3.05) is 11.5 Å². The average molecular weight is 468 g/mol. The summed E-state index contributed by atoms with van der Waals surface area (Å²) >= 11 is 0. The molecule has 2 aromatic rings. The maximum atomic E-state index is 12.5. The van der Waals surface area contributed by atoms with Crippen molar-refractivity contribution in [2.45, 2.75) is 84.9 Å². The number of para-hydroxylation sites is 1. The Morgan fingerprint density at radius 3 is 2.28 bits per heavy atom. The lowest BCUT2D eigenvalue weighted by molar-refractivity contribution is -0.116. The first-order valence-corrected chi connectivity index (χ1v) is 18.3. The van der Waals surface area contributed by atoms with Gasteiger partial charge in [-0.3, -0.25) is 4.79 Å². The fraction of sp³-hybridized carbons (Fsp3) is 0.519. The summed E-state index contributed by atoms with van der Waals surface area (Å²) in [7, 11) is -3.30. The van der Waals surface area contributed by atoms with Gasteiger partial charge in [-0.05, 0) is 53.7 Å². The number of rotatable bonds is 6. The van der Waals surface area contributed by atoms with E-state index in [-0.39, 0.29) is 10.9 Å². The lowest BCUT2D eigenvalue weighted by atomic mass is 9.90. The maximum Gasteiger partial charge on any atom is 0.224 e. The number of hydrogen-bond donors (Lipinski definition) is 0. The average Bonchev–Trinajstić information content (AvgIpc) is 2.68. The molecule has 0 N–H and O–H groups in total. The summed E-state index contributed by atoms with van der Waals surface area (Å²) < 4.78 is 6.43. The van der Waals surface area contributed by atoms with Crippen molar-refractivity contribution >= 4 is 33.2 Å². The summed E-state index contributed by atoms with van der Waals surface area (Å²) in [6.07, 6.45) is 2.07. The first kappa shape index (κ1) is 24.9. The van der Waals surface area contributed by atoms with Crippen LogP contribution in [0.4, 0.5) is 5.69 Å². The van der Waals surface area contributed by atoms with Gasteiger partial charge in [0, 0.05) is 19.1 Å². The molecule has 5 heteroatoms. The molecule has 0 radical (unpaired) electrons. The Morgan fingerprint density at radius 2 is 1.69 bits per heavy atom. The molecule has 1 heterocycles. The molecule has 32 heavy (non-hydrogen) atoms. The molecule has 0 fully saturated rings. The second kappa shape index (κ2) is 8.92. The second-order valence-corrected chi connectivity index (χ2v) is 21.6. The van der Waals surface area contributed by atoms with Gasteiger partial charge in [0.1, 0.15) is 0 Å². The molecule has 1 amide bonds. The van der Waals surface area contributed by atoms with Crippen LogP contribution in [0.5, 0.6) is 0 Å². The van der Waals surface area contributed by atoms with E-state index in [0.29, 0.717) is 6.54 Å². The fourth-order valence-electron chi connectivity index (χ4n) is 4.24. The summed E-state index contributed by atoms with van der Waals surface area (Å²) in [5, 5.41) is 1.73. The van der Waals surface area contributed by atoms with Crippen molar-refractivity contribution in [2.24, 2.45) is 0 Å². The number of anilines is 1. The molecule has 3 nitrogen and oxygen atoms in total. The van der Waals surface area contributed by atoms with Crippen LogP contribution < -0.4 is 10.1 Å². The molecule has 1 aliphatic rings. The van der Waals surface area contributed by atoms with Gasteiger partial charge >= 0.3 is 0 Å². The first-order valence-electron chi connectivity index (χ1n) is 11.9. The molecule has 0 saturated carbocycles. The van der Waals surface area contributed by atoms with Crippen LogP contribution in [0.1, 0.15) is 45.2 Å². The minimum absolute atomic E-state index is 0.108. The monoisotopic (exact) mass is 467 g/mol. The second-order valence-electron chi connectivity index (χ2n) is 11.8. The van der Waals surface area contributed by atoms with E-state index in [4.69, 9.17) is 4.43 Å². The number of benzene rings is 2. The van der Waals surface area contributed by atoms with Crippen molar-refractivity contribution < 1.29 is 9.22 Å². The molecule has 0 aliphatic carbocycles. The standard InChI is InChI=1S/C27H41NO2Si2/c1-20(29)28-19-24-23(22-14-10-11-15-25(22)28)17-21(18-26(24)31(5,6)7)13-12-16-30-32(8,9)27(2,3)4/h10-11,14-15,17-18H,12-13,16,19H2,1-9H3. The Bertz CT molecular complexity index is 1000. The van der Waals surface area contributed by atoms with Crippen LogP contribution in [0.25, 0.3) is 11.1 Å². The van der Waals surface area contributed by atoms with E-state index in [1.54, 1.807) is 6.92 Å². The largest absolute Gasteiger partial charge is 0.417 e. The smallest absolute Gasteiger partial charge is 0.224 e. The van der Waals surface area contributed by atoms with Crippen LogP contribution in [0.15, 0.2) is 36.4 Å². The van der Waals surface area contributed by atoms with E-state index < -0.39 is 16.4 Å². The quantitative estimate of drug-likeness (QED) is 0.348. The Balaban J connectivity index is 1.93. The number of nitrogens with zero attached hydrogens (tertiary/aromatic N) is 1. The van der Waals surface area contributed by atoms with E-state index in [1.807, 2.05) is 11.0 Å². The molecule has 0 spiro atoms. The van der Waals surface area contributed by atoms with E-state index in [1.165, 1.54) is 27.4 Å². The van der Waals surface area contributed by atoms with Gasteiger partial charge in [-0.2, -0.15) is 0 Å². The van der Waals surface area contributed by atoms with Gasteiger partial charge in [0.25, 0.3) is 0 Å². The van der Waals surface area contributed by atoms with Crippen LogP contribution in [0.3, 0.4) is 0 Å². The van der Waals surface area contributed by atoms with E-state index in [0.717, 1.165) is 25.1 Å². The van der Waals surface area contributed by atoms with Crippen molar-refractivity contribution in [1.82, 2.24) is 0 Å². The number of aryl methyl sites for hydroxylation is 1. The molecule has 0 aromatic heterocycles. The molecule has 0 atom stereocenters. The van der Waals surface area contributed by atoms with Gasteiger partial charge in [-0.15, -0.1) is 0 Å². The van der Waals surface area contributed by atoms with Crippen LogP contribution in [0.2, 0.25) is 37.8 Å². The van der Waals surface area contributed by atoms with Crippen LogP contribution >= 0.6 is 0 Å². The molecule has 2 aromatic carbocycles. The molecule has 3 rings (SSSR count). The summed E-state index contributed by atoms with van der Waals surface area (Å²) in [5.74, 6) is 0.108. The number of hydrogen-bond acceptors (Lipinski definition) is 2. The molecule has 174 valence electrons. The zero-order valence-corrected chi connectivity index (χ0v) is 23.6. The fourth-order valence-corrected chi connectivity index (χ4v) is 7.06. The van der Waals surface area contributed by atoms with Gasteiger partial charge < -0.3 is 9.33 Å². The van der Waals surface area contributed by atoms with E-state index in [9.17, 15) is 4.79 Å². The lowest BCUT2D eigenvalue weighted by Crippen LogP contribution is -2.44. The zero-order valence-electron chi connectivity index (χ0n) is 21.6. The van der Waals surface area contributed by atoms with Crippen LogP contribution in [-0.2, 0) is 22.2 Å².